The molecule has 1 saturated heterocycles. The average molecular weight is 335 g/mol. The van der Waals surface area contributed by atoms with Crippen molar-refractivity contribution in [2.24, 2.45) is 0 Å². The van der Waals surface area contributed by atoms with Crippen LogP contribution in [-0.2, 0) is 4.79 Å². The Hall–Kier alpha value is -1.07. The maximum absolute atomic E-state index is 12.8. The highest BCUT2D eigenvalue weighted by molar-refractivity contribution is 8.02. The summed E-state index contributed by atoms with van der Waals surface area (Å²) >= 11 is 3.26. The first-order chi connectivity index (χ1) is 10.6. The minimum absolute atomic E-state index is 0.0800. The second-order valence-corrected chi connectivity index (χ2v) is 8.70. The van der Waals surface area contributed by atoms with Crippen molar-refractivity contribution in [2.75, 3.05) is 0 Å². The molecule has 0 radical (unpaired) electrons. The molecule has 3 rings (SSSR count). The van der Waals surface area contributed by atoms with E-state index in [0.717, 1.165) is 22.7 Å². The van der Waals surface area contributed by atoms with Crippen molar-refractivity contribution in [3.8, 4) is 0 Å². The fourth-order valence-corrected chi connectivity index (χ4v) is 5.44. The summed E-state index contributed by atoms with van der Waals surface area (Å²) in [5.74, 6) is 0.254. The third kappa shape index (κ3) is 3.15. The number of para-hydroxylation sites is 1. The van der Waals surface area contributed by atoms with Crippen molar-refractivity contribution in [1.29, 1.82) is 0 Å². The Bertz CT molecular complexity index is 626. The van der Waals surface area contributed by atoms with Crippen LogP contribution < -0.4 is 0 Å². The van der Waals surface area contributed by atoms with E-state index < -0.39 is 0 Å². The van der Waals surface area contributed by atoms with Gasteiger partial charge in [-0.2, -0.15) is 0 Å². The topological polar surface area (TPSA) is 33.2 Å². The number of amides is 1. The Kier molecular flexibility index (Phi) is 4.73. The van der Waals surface area contributed by atoms with Gasteiger partial charge in [-0.05, 0) is 52.2 Å². The number of hydrogen-bond acceptors (Lipinski definition) is 4. The standard InChI is InChI=1S/C17H22N2OS2/c1-11-7-6-8-12(2)19(11)16(20)13(3)21-17-18-14-9-4-5-10-15(14)22-17/h4-5,9-13H,6-8H2,1-3H3/t11-,12-,13-/m1/s1. The highest BCUT2D eigenvalue weighted by Crippen LogP contribution is 2.34. The lowest BCUT2D eigenvalue weighted by Gasteiger charge is -2.40. The third-order valence-electron chi connectivity index (χ3n) is 4.35. The Morgan fingerprint density at radius 3 is 2.68 bits per heavy atom. The van der Waals surface area contributed by atoms with E-state index in [1.807, 2.05) is 25.1 Å². The molecule has 0 N–H and O–H groups in total. The number of likely N-dealkylation sites (tertiary alicyclic amines) is 1. The average Bonchev–Trinajstić information content (AvgIpc) is 2.89. The number of thiazole rings is 1. The van der Waals surface area contributed by atoms with Gasteiger partial charge < -0.3 is 4.90 Å². The number of nitrogens with zero attached hydrogens (tertiary/aromatic N) is 2. The Morgan fingerprint density at radius 2 is 2.00 bits per heavy atom. The van der Waals surface area contributed by atoms with Crippen LogP contribution in [0.25, 0.3) is 10.2 Å². The minimum atomic E-state index is -0.0800. The lowest BCUT2D eigenvalue weighted by molar-refractivity contribution is -0.136. The van der Waals surface area contributed by atoms with Crippen molar-refractivity contribution >= 4 is 39.2 Å². The molecular formula is C17H22N2OS2. The van der Waals surface area contributed by atoms with Crippen molar-refractivity contribution in [3.05, 3.63) is 24.3 Å². The van der Waals surface area contributed by atoms with Crippen LogP contribution in [0.15, 0.2) is 28.6 Å². The molecule has 1 amide bonds. The van der Waals surface area contributed by atoms with E-state index in [4.69, 9.17) is 0 Å². The lowest BCUT2D eigenvalue weighted by atomic mass is 9.97. The van der Waals surface area contributed by atoms with Gasteiger partial charge in [-0.15, -0.1) is 11.3 Å². The molecule has 0 bridgehead atoms. The zero-order valence-corrected chi connectivity index (χ0v) is 14.9. The monoisotopic (exact) mass is 334 g/mol. The molecule has 22 heavy (non-hydrogen) atoms. The number of piperidine rings is 1. The normalized spacial score (nSPS) is 23.7. The van der Waals surface area contributed by atoms with E-state index in [1.54, 1.807) is 23.1 Å². The molecule has 1 aliphatic heterocycles. The molecule has 0 aliphatic carbocycles. The number of carbonyl (C=O) groups is 1. The van der Waals surface area contributed by atoms with Crippen molar-refractivity contribution in [1.82, 2.24) is 9.88 Å². The first-order valence-electron chi connectivity index (χ1n) is 7.90. The third-order valence-corrected chi connectivity index (χ3v) is 6.57. The van der Waals surface area contributed by atoms with E-state index in [0.29, 0.717) is 12.1 Å². The molecule has 3 atom stereocenters. The Labute approximate surface area is 140 Å². The van der Waals surface area contributed by atoms with Crippen molar-refractivity contribution < 1.29 is 4.79 Å². The maximum atomic E-state index is 12.8. The summed E-state index contributed by atoms with van der Waals surface area (Å²) in [6.45, 7) is 6.35. The van der Waals surface area contributed by atoms with E-state index in [1.165, 1.54) is 11.1 Å². The van der Waals surface area contributed by atoms with Crippen LogP contribution in [0.1, 0.15) is 40.0 Å². The lowest BCUT2D eigenvalue weighted by Crippen LogP contribution is -2.50. The molecule has 0 unspecified atom stereocenters. The van der Waals surface area contributed by atoms with Crippen LogP contribution in [-0.4, -0.2) is 33.1 Å². The van der Waals surface area contributed by atoms with Gasteiger partial charge in [-0.25, -0.2) is 4.98 Å². The first kappa shape index (κ1) is 15.8. The van der Waals surface area contributed by atoms with E-state index in [9.17, 15) is 4.79 Å². The minimum Gasteiger partial charge on any atom is -0.336 e. The van der Waals surface area contributed by atoms with Gasteiger partial charge in [-0.3, -0.25) is 4.79 Å². The molecule has 1 fully saturated rings. The number of carbonyl (C=O) groups excluding carboxylic acids is 1. The summed E-state index contributed by atoms with van der Waals surface area (Å²) in [5.41, 5.74) is 1.02. The van der Waals surface area contributed by atoms with E-state index in [2.05, 4.69) is 29.8 Å². The van der Waals surface area contributed by atoms with Crippen molar-refractivity contribution in [3.63, 3.8) is 0 Å². The molecule has 1 aliphatic rings. The summed E-state index contributed by atoms with van der Waals surface area (Å²) in [6.07, 6.45) is 3.47. The van der Waals surface area contributed by atoms with Crippen LogP contribution >= 0.6 is 23.1 Å². The summed E-state index contributed by atoms with van der Waals surface area (Å²) in [6, 6.07) is 8.85. The summed E-state index contributed by atoms with van der Waals surface area (Å²) < 4.78 is 2.17. The maximum Gasteiger partial charge on any atom is 0.236 e. The molecular weight excluding hydrogens is 312 g/mol. The number of aromatic nitrogens is 1. The Morgan fingerprint density at radius 1 is 1.32 bits per heavy atom. The highest BCUT2D eigenvalue weighted by atomic mass is 32.2. The SMILES string of the molecule is C[C@@H]1CCC[C@@H](C)N1C(=O)[C@@H](C)Sc1nc2ccccc2s1. The quantitative estimate of drug-likeness (QED) is 0.771. The molecule has 118 valence electrons. The summed E-state index contributed by atoms with van der Waals surface area (Å²) in [4.78, 5) is 19.5. The smallest absolute Gasteiger partial charge is 0.236 e. The molecule has 0 spiro atoms. The van der Waals surface area contributed by atoms with Gasteiger partial charge >= 0.3 is 0 Å². The van der Waals surface area contributed by atoms with Gasteiger partial charge in [0.15, 0.2) is 4.34 Å². The second-order valence-electron chi connectivity index (χ2n) is 6.08. The van der Waals surface area contributed by atoms with E-state index in [-0.39, 0.29) is 11.2 Å². The number of rotatable bonds is 3. The van der Waals surface area contributed by atoms with Gasteiger partial charge in [0.25, 0.3) is 0 Å². The molecule has 1 aromatic heterocycles. The first-order valence-corrected chi connectivity index (χ1v) is 9.60. The number of benzene rings is 1. The number of fused-ring (bicyclic) bond motifs is 1. The number of hydrogen-bond donors (Lipinski definition) is 0. The van der Waals surface area contributed by atoms with Crippen LogP contribution in [0.5, 0.6) is 0 Å². The van der Waals surface area contributed by atoms with Crippen LogP contribution in [0.3, 0.4) is 0 Å². The highest BCUT2D eigenvalue weighted by Gasteiger charge is 2.32. The predicted molar refractivity (Wildman–Crippen MR) is 94.6 cm³/mol. The molecule has 5 heteroatoms. The van der Waals surface area contributed by atoms with Crippen LogP contribution in [0, 0.1) is 0 Å². The van der Waals surface area contributed by atoms with Gasteiger partial charge in [0.1, 0.15) is 0 Å². The van der Waals surface area contributed by atoms with Crippen LogP contribution in [0.4, 0.5) is 0 Å². The largest absolute Gasteiger partial charge is 0.336 e. The summed E-state index contributed by atoms with van der Waals surface area (Å²) in [7, 11) is 0. The summed E-state index contributed by atoms with van der Waals surface area (Å²) in [5, 5.41) is -0.0800. The Balaban J connectivity index is 1.72. The molecule has 1 aromatic carbocycles. The van der Waals surface area contributed by atoms with Gasteiger partial charge in [0, 0.05) is 12.1 Å². The number of thioether (sulfide) groups is 1. The van der Waals surface area contributed by atoms with Crippen LogP contribution in [0.2, 0.25) is 0 Å². The molecule has 2 heterocycles. The predicted octanol–water partition coefficient (Wildman–Crippen LogP) is 4.57. The fraction of sp³-hybridized carbons (Fsp3) is 0.529. The van der Waals surface area contributed by atoms with Gasteiger partial charge in [0.05, 0.1) is 15.5 Å². The molecule has 3 nitrogen and oxygen atoms in total. The zero-order chi connectivity index (χ0) is 15.7. The fourth-order valence-electron chi connectivity index (χ4n) is 3.17. The second kappa shape index (κ2) is 6.59. The van der Waals surface area contributed by atoms with Gasteiger partial charge in [-0.1, -0.05) is 23.9 Å². The molecule has 2 aromatic rings. The zero-order valence-electron chi connectivity index (χ0n) is 13.3. The van der Waals surface area contributed by atoms with Gasteiger partial charge in [0.2, 0.25) is 5.91 Å². The molecule has 0 saturated carbocycles. The van der Waals surface area contributed by atoms with E-state index >= 15 is 0 Å². The van der Waals surface area contributed by atoms with Crippen molar-refractivity contribution in [2.45, 2.75) is 61.7 Å².